The van der Waals surface area contributed by atoms with Gasteiger partial charge < -0.3 is 10.1 Å². The van der Waals surface area contributed by atoms with Gasteiger partial charge in [0.1, 0.15) is 12.4 Å². The minimum atomic E-state index is -4.47. The van der Waals surface area contributed by atoms with Crippen molar-refractivity contribution < 1.29 is 22.7 Å². The number of benzene rings is 2. The highest BCUT2D eigenvalue weighted by Crippen LogP contribution is 2.32. The van der Waals surface area contributed by atoms with Crippen LogP contribution in [0, 0.1) is 5.92 Å². The lowest BCUT2D eigenvalue weighted by atomic mass is 9.94. The van der Waals surface area contributed by atoms with Crippen LogP contribution in [0.25, 0.3) is 0 Å². The summed E-state index contributed by atoms with van der Waals surface area (Å²) in [6.07, 6.45) is -1.55. The number of likely N-dealkylation sites (tertiary alicyclic amines) is 1. The number of aromatic nitrogens is 1. The molecule has 5 nitrogen and oxygen atoms in total. The van der Waals surface area contributed by atoms with Crippen LogP contribution in [-0.4, -0.2) is 42.0 Å². The fraction of sp³-hybridized carbons (Fsp3) is 0.333. The summed E-state index contributed by atoms with van der Waals surface area (Å²) in [5.74, 6) is 0.452. The highest BCUT2D eigenvalue weighted by atomic mass is 19.4. The number of alkyl halides is 3. The van der Waals surface area contributed by atoms with E-state index in [1.807, 2.05) is 30.3 Å². The van der Waals surface area contributed by atoms with Crippen LogP contribution < -0.4 is 10.1 Å². The van der Waals surface area contributed by atoms with Crippen LogP contribution in [0.5, 0.6) is 5.75 Å². The number of amides is 1. The van der Waals surface area contributed by atoms with E-state index in [0.717, 1.165) is 37.5 Å². The van der Waals surface area contributed by atoms with Crippen LogP contribution in [0.15, 0.2) is 79.0 Å². The van der Waals surface area contributed by atoms with Gasteiger partial charge in [0.05, 0.1) is 17.3 Å². The zero-order chi connectivity index (χ0) is 24.7. The first kappa shape index (κ1) is 24.7. The number of para-hydroxylation sites is 1. The Hall–Kier alpha value is -3.39. The summed E-state index contributed by atoms with van der Waals surface area (Å²) in [7, 11) is 0. The van der Waals surface area contributed by atoms with Crippen LogP contribution in [-0.2, 0) is 11.0 Å². The van der Waals surface area contributed by atoms with E-state index < -0.39 is 17.8 Å². The van der Waals surface area contributed by atoms with Crippen molar-refractivity contribution in [3.63, 3.8) is 0 Å². The molecule has 184 valence electrons. The lowest BCUT2D eigenvalue weighted by molar-refractivity contribution is -0.137. The molecule has 0 saturated carbocycles. The first-order valence-corrected chi connectivity index (χ1v) is 11.7. The summed E-state index contributed by atoms with van der Waals surface area (Å²) in [6, 6.07) is 19.1. The van der Waals surface area contributed by atoms with Gasteiger partial charge in [0.15, 0.2) is 0 Å². The number of nitrogens with zero attached hydrogens (tertiary/aromatic N) is 2. The summed E-state index contributed by atoms with van der Waals surface area (Å²) in [5.41, 5.74) is 0.0919. The van der Waals surface area contributed by atoms with Gasteiger partial charge in [-0.1, -0.05) is 36.4 Å². The Morgan fingerprint density at radius 1 is 1.03 bits per heavy atom. The number of ether oxygens (including phenoxy) is 1. The topological polar surface area (TPSA) is 54.5 Å². The lowest BCUT2D eigenvalue weighted by Gasteiger charge is -2.32. The van der Waals surface area contributed by atoms with Crippen molar-refractivity contribution in [1.29, 1.82) is 0 Å². The molecular weight excluding hydrogens is 455 g/mol. The molecular formula is C27H28F3N3O2. The number of pyridine rings is 1. The van der Waals surface area contributed by atoms with E-state index in [2.05, 4.69) is 15.2 Å². The average Bonchev–Trinajstić information content (AvgIpc) is 2.88. The molecule has 1 saturated heterocycles. The van der Waals surface area contributed by atoms with E-state index in [1.165, 1.54) is 6.07 Å². The number of hydrogen-bond acceptors (Lipinski definition) is 4. The molecule has 0 radical (unpaired) electrons. The normalized spacial score (nSPS) is 16.0. The Kier molecular flexibility index (Phi) is 8.02. The number of carbonyl (C=O) groups is 1. The summed E-state index contributed by atoms with van der Waals surface area (Å²) in [4.78, 5) is 19.7. The molecule has 1 fully saturated rings. The number of nitrogens with one attached hydrogen (secondary N) is 1. The summed E-state index contributed by atoms with van der Waals surface area (Å²) < 4.78 is 45.6. The SMILES string of the molecule is O=C(N[C@H](c1cccc(C(F)(F)F)c1)c1ccccn1)C1CCN(CCOc2ccccc2)CC1. The largest absolute Gasteiger partial charge is 0.492 e. The van der Waals surface area contributed by atoms with Gasteiger partial charge in [0.25, 0.3) is 0 Å². The maximum Gasteiger partial charge on any atom is 0.416 e. The highest BCUT2D eigenvalue weighted by Gasteiger charge is 2.32. The summed E-state index contributed by atoms with van der Waals surface area (Å²) in [5, 5.41) is 2.97. The van der Waals surface area contributed by atoms with Crippen molar-refractivity contribution in [2.24, 2.45) is 5.92 Å². The molecule has 2 aromatic carbocycles. The Morgan fingerprint density at radius 2 is 1.77 bits per heavy atom. The number of carbonyl (C=O) groups excluding carboxylic acids is 1. The Balaban J connectivity index is 1.36. The molecule has 1 aromatic heterocycles. The molecule has 1 atom stereocenters. The zero-order valence-corrected chi connectivity index (χ0v) is 19.2. The molecule has 2 heterocycles. The quantitative estimate of drug-likeness (QED) is 0.485. The minimum Gasteiger partial charge on any atom is -0.492 e. The first-order chi connectivity index (χ1) is 16.9. The molecule has 3 aromatic rings. The molecule has 1 N–H and O–H groups in total. The van der Waals surface area contributed by atoms with Gasteiger partial charge in [0.2, 0.25) is 5.91 Å². The van der Waals surface area contributed by atoms with Crippen molar-refractivity contribution in [3.8, 4) is 5.75 Å². The van der Waals surface area contributed by atoms with E-state index in [4.69, 9.17) is 4.74 Å². The summed E-state index contributed by atoms with van der Waals surface area (Å²) >= 11 is 0. The molecule has 1 aliphatic heterocycles. The number of hydrogen-bond donors (Lipinski definition) is 1. The van der Waals surface area contributed by atoms with Crippen molar-refractivity contribution >= 4 is 5.91 Å². The van der Waals surface area contributed by atoms with Gasteiger partial charge >= 0.3 is 6.18 Å². The average molecular weight is 484 g/mol. The van der Waals surface area contributed by atoms with Gasteiger partial charge in [0, 0.05) is 18.7 Å². The van der Waals surface area contributed by atoms with Gasteiger partial charge in [-0.25, -0.2) is 0 Å². The predicted molar refractivity (Wildman–Crippen MR) is 127 cm³/mol. The van der Waals surface area contributed by atoms with E-state index in [0.29, 0.717) is 30.7 Å². The van der Waals surface area contributed by atoms with Crippen LogP contribution in [0.4, 0.5) is 13.2 Å². The lowest BCUT2D eigenvalue weighted by Crippen LogP contribution is -2.43. The fourth-order valence-electron chi connectivity index (χ4n) is 4.26. The van der Waals surface area contributed by atoms with Crippen molar-refractivity contribution in [2.75, 3.05) is 26.2 Å². The van der Waals surface area contributed by atoms with E-state index in [1.54, 1.807) is 30.5 Å². The molecule has 1 aliphatic rings. The second-order valence-electron chi connectivity index (χ2n) is 8.60. The van der Waals surface area contributed by atoms with Crippen molar-refractivity contribution in [3.05, 3.63) is 95.8 Å². The number of halogens is 3. The van der Waals surface area contributed by atoms with Gasteiger partial charge in [-0.15, -0.1) is 0 Å². The highest BCUT2D eigenvalue weighted by molar-refractivity contribution is 5.79. The molecule has 35 heavy (non-hydrogen) atoms. The van der Waals surface area contributed by atoms with Gasteiger partial charge in [-0.2, -0.15) is 13.2 Å². The number of piperidine rings is 1. The standard InChI is InChI=1S/C27H28F3N3O2/c28-27(29,30)22-8-6-7-21(19-22)25(24-11-4-5-14-31-24)32-26(34)20-12-15-33(16-13-20)17-18-35-23-9-2-1-3-10-23/h1-11,14,19-20,25H,12-13,15-18H2,(H,32,34)/t25-/m1/s1. The smallest absolute Gasteiger partial charge is 0.416 e. The van der Waals surface area contributed by atoms with Gasteiger partial charge in [-0.3, -0.25) is 14.7 Å². The Morgan fingerprint density at radius 3 is 2.46 bits per heavy atom. The molecule has 8 heteroatoms. The van der Waals surface area contributed by atoms with E-state index >= 15 is 0 Å². The van der Waals surface area contributed by atoms with Crippen LogP contribution in [0.2, 0.25) is 0 Å². The molecule has 0 bridgehead atoms. The van der Waals surface area contributed by atoms with Crippen LogP contribution in [0.3, 0.4) is 0 Å². The van der Waals surface area contributed by atoms with Crippen molar-refractivity contribution in [2.45, 2.75) is 25.1 Å². The zero-order valence-electron chi connectivity index (χ0n) is 19.2. The van der Waals surface area contributed by atoms with Crippen LogP contribution >= 0.6 is 0 Å². The van der Waals surface area contributed by atoms with E-state index in [-0.39, 0.29) is 11.8 Å². The summed E-state index contributed by atoms with van der Waals surface area (Å²) in [6.45, 7) is 2.85. The minimum absolute atomic E-state index is 0.168. The molecule has 1 amide bonds. The molecule has 0 unspecified atom stereocenters. The molecule has 0 aliphatic carbocycles. The first-order valence-electron chi connectivity index (χ1n) is 11.7. The maximum atomic E-state index is 13.3. The third kappa shape index (κ3) is 6.82. The van der Waals surface area contributed by atoms with Gasteiger partial charge in [-0.05, 0) is 67.9 Å². The predicted octanol–water partition coefficient (Wildman–Crippen LogP) is 5.10. The van der Waals surface area contributed by atoms with Crippen LogP contribution in [0.1, 0.15) is 35.7 Å². The van der Waals surface area contributed by atoms with Crippen molar-refractivity contribution in [1.82, 2.24) is 15.2 Å². The fourth-order valence-corrected chi connectivity index (χ4v) is 4.26. The third-order valence-corrected chi connectivity index (χ3v) is 6.20. The number of rotatable bonds is 8. The Labute approximate surface area is 202 Å². The third-order valence-electron chi connectivity index (χ3n) is 6.20. The second-order valence-corrected chi connectivity index (χ2v) is 8.60. The second kappa shape index (κ2) is 11.4. The molecule has 0 spiro atoms. The molecule has 4 rings (SSSR count). The maximum absolute atomic E-state index is 13.3. The monoisotopic (exact) mass is 483 g/mol. The Bertz CT molecular complexity index is 1090. The van der Waals surface area contributed by atoms with E-state index in [9.17, 15) is 18.0 Å².